The lowest BCUT2D eigenvalue weighted by Crippen LogP contribution is -2.30. The molecule has 110 valence electrons. The van der Waals surface area contributed by atoms with E-state index < -0.39 is 0 Å². The molecule has 0 aliphatic heterocycles. The van der Waals surface area contributed by atoms with Gasteiger partial charge in [0.1, 0.15) is 0 Å². The monoisotopic (exact) mass is 281 g/mol. The third-order valence-corrected chi connectivity index (χ3v) is 4.63. The number of benzene rings is 1. The van der Waals surface area contributed by atoms with Gasteiger partial charge in [0.25, 0.3) is 0 Å². The molecule has 2 nitrogen and oxygen atoms in total. The molecule has 0 radical (unpaired) electrons. The van der Waals surface area contributed by atoms with Gasteiger partial charge in [-0.3, -0.25) is 4.98 Å². The highest BCUT2D eigenvalue weighted by atomic mass is 16.3. The molecule has 1 saturated carbocycles. The Labute approximate surface area is 126 Å². The van der Waals surface area contributed by atoms with Gasteiger partial charge in [0.05, 0.1) is 6.10 Å². The zero-order valence-electron chi connectivity index (χ0n) is 12.6. The van der Waals surface area contributed by atoms with Crippen LogP contribution in [0.4, 0.5) is 0 Å². The van der Waals surface area contributed by atoms with Crippen LogP contribution in [0.1, 0.15) is 42.1 Å². The molecular formula is C19H23NO. The zero-order chi connectivity index (χ0) is 14.7. The lowest BCUT2D eigenvalue weighted by molar-refractivity contribution is 0.0614. The number of rotatable bonds is 3. The second-order valence-electron chi connectivity index (χ2n) is 6.22. The Morgan fingerprint density at radius 2 is 1.86 bits per heavy atom. The van der Waals surface area contributed by atoms with Gasteiger partial charge in [-0.2, -0.15) is 0 Å². The van der Waals surface area contributed by atoms with Crippen molar-refractivity contribution in [1.29, 1.82) is 0 Å². The fraction of sp³-hybridized carbons (Fsp3) is 0.421. The average Bonchev–Trinajstić information content (AvgIpc) is 2.50. The normalized spacial score (nSPS) is 25.7. The standard InChI is InChI=1S/C19H23NO/c1-14-6-5-9-18(20-14)13-17-12-16(10-11-19(17)21)15-7-3-2-4-8-15/h2-9,16-17,19,21H,10-13H2,1H3. The molecule has 0 saturated heterocycles. The van der Waals surface area contributed by atoms with Crippen molar-refractivity contribution in [3.8, 4) is 0 Å². The van der Waals surface area contributed by atoms with E-state index >= 15 is 0 Å². The van der Waals surface area contributed by atoms with Crippen LogP contribution in [-0.4, -0.2) is 16.2 Å². The van der Waals surface area contributed by atoms with Crippen LogP contribution < -0.4 is 0 Å². The quantitative estimate of drug-likeness (QED) is 0.926. The summed E-state index contributed by atoms with van der Waals surface area (Å²) in [5.74, 6) is 0.891. The van der Waals surface area contributed by atoms with Crippen molar-refractivity contribution in [1.82, 2.24) is 4.98 Å². The summed E-state index contributed by atoms with van der Waals surface area (Å²) in [5.41, 5.74) is 3.57. The molecule has 0 bridgehead atoms. The Bertz CT molecular complexity index is 581. The third kappa shape index (κ3) is 3.51. The van der Waals surface area contributed by atoms with Gasteiger partial charge in [0.15, 0.2) is 0 Å². The minimum Gasteiger partial charge on any atom is -0.393 e. The summed E-state index contributed by atoms with van der Waals surface area (Å²) < 4.78 is 0. The van der Waals surface area contributed by atoms with E-state index in [2.05, 4.69) is 47.4 Å². The van der Waals surface area contributed by atoms with Crippen LogP contribution >= 0.6 is 0 Å². The van der Waals surface area contributed by atoms with E-state index in [0.29, 0.717) is 11.8 Å². The molecule has 1 aliphatic carbocycles. The summed E-state index contributed by atoms with van der Waals surface area (Å²) in [6.45, 7) is 2.02. The smallest absolute Gasteiger partial charge is 0.0572 e. The minimum absolute atomic E-state index is 0.188. The number of hydrogen-bond donors (Lipinski definition) is 1. The number of pyridine rings is 1. The number of aliphatic hydroxyl groups is 1. The van der Waals surface area contributed by atoms with Crippen LogP contribution in [0, 0.1) is 12.8 Å². The van der Waals surface area contributed by atoms with Gasteiger partial charge >= 0.3 is 0 Å². The number of hydrogen-bond acceptors (Lipinski definition) is 2. The lowest BCUT2D eigenvalue weighted by Gasteiger charge is -2.33. The first-order valence-corrected chi connectivity index (χ1v) is 7.88. The van der Waals surface area contributed by atoms with Crippen LogP contribution in [0.3, 0.4) is 0 Å². The summed E-state index contributed by atoms with van der Waals surface area (Å²) in [6, 6.07) is 16.9. The maximum Gasteiger partial charge on any atom is 0.0572 e. The number of nitrogens with zero attached hydrogens (tertiary/aromatic N) is 1. The molecule has 3 rings (SSSR count). The summed E-state index contributed by atoms with van der Waals surface area (Å²) >= 11 is 0. The van der Waals surface area contributed by atoms with Gasteiger partial charge in [-0.25, -0.2) is 0 Å². The van der Waals surface area contributed by atoms with Crippen molar-refractivity contribution in [3.63, 3.8) is 0 Å². The maximum atomic E-state index is 10.3. The topological polar surface area (TPSA) is 33.1 Å². The highest BCUT2D eigenvalue weighted by molar-refractivity contribution is 5.21. The number of aromatic nitrogens is 1. The summed E-state index contributed by atoms with van der Waals surface area (Å²) in [5, 5.41) is 10.3. The van der Waals surface area contributed by atoms with E-state index in [-0.39, 0.29) is 6.10 Å². The van der Waals surface area contributed by atoms with Crippen LogP contribution in [0.5, 0.6) is 0 Å². The molecule has 2 heteroatoms. The van der Waals surface area contributed by atoms with Crippen LogP contribution in [-0.2, 0) is 6.42 Å². The molecule has 0 spiro atoms. The first-order valence-electron chi connectivity index (χ1n) is 7.88. The summed E-state index contributed by atoms with van der Waals surface area (Å²) in [7, 11) is 0. The molecule has 1 aliphatic rings. The maximum absolute atomic E-state index is 10.3. The fourth-order valence-corrected chi connectivity index (χ4v) is 3.48. The molecule has 3 unspecified atom stereocenters. The molecule has 1 aromatic heterocycles. The molecule has 2 aromatic rings. The second kappa shape index (κ2) is 6.40. The van der Waals surface area contributed by atoms with E-state index in [1.807, 2.05) is 13.0 Å². The lowest BCUT2D eigenvalue weighted by atomic mass is 9.74. The molecule has 3 atom stereocenters. The highest BCUT2D eigenvalue weighted by Crippen LogP contribution is 2.37. The SMILES string of the molecule is Cc1cccc(CC2CC(c3ccccc3)CCC2O)n1. The van der Waals surface area contributed by atoms with E-state index in [1.54, 1.807) is 0 Å². The van der Waals surface area contributed by atoms with Gasteiger partial charge in [-0.05, 0) is 62.1 Å². The van der Waals surface area contributed by atoms with Crippen LogP contribution in [0.25, 0.3) is 0 Å². The molecule has 1 N–H and O–H groups in total. The second-order valence-corrected chi connectivity index (χ2v) is 6.22. The van der Waals surface area contributed by atoms with Crippen LogP contribution in [0.2, 0.25) is 0 Å². The van der Waals surface area contributed by atoms with Gasteiger partial charge in [-0.15, -0.1) is 0 Å². The summed E-state index contributed by atoms with van der Waals surface area (Å²) in [4.78, 5) is 4.59. The fourth-order valence-electron chi connectivity index (χ4n) is 3.48. The first-order chi connectivity index (χ1) is 10.2. The first kappa shape index (κ1) is 14.3. The average molecular weight is 281 g/mol. The molecule has 1 aromatic carbocycles. The number of aryl methyl sites for hydroxylation is 1. The van der Waals surface area contributed by atoms with Crippen molar-refractivity contribution in [2.45, 2.75) is 44.6 Å². The minimum atomic E-state index is -0.188. The van der Waals surface area contributed by atoms with Crippen molar-refractivity contribution < 1.29 is 5.11 Å². The van der Waals surface area contributed by atoms with E-state index in [0.717, 1.165) is 37.1 Å². The van der Waals surface area contributed by atoms with Crippen LogP contribution in [0.15, 0.2) is 48.5 Å². The van der Waals surface area contributed by atoms with Crippen molar-refractivity contribution in [2.24, 2.45) is 5.92 Å². The Hall–Kier alpha value is -1.67. The molecular weight excluding hydrogens is 258 g/mol. The highest BCUT2D eigenvalue weighted by Gasteiger charge is 2.30. The van der Waals surface area contributed by atoms with Gasteiger partial charge in [-0.1, -0.05) is 36.4 Å². The Morgan fingerprint density at radius 3 is 2.62 bits per heavy atom. The van der Waals surface area contributed by atoms with Gasteiger partial charge < -0.3 is 5.11 Å². The largest absolute Gasteiger partial charge is 0.393 e. The molecule has 21 heavy (non-hydrogen) atoms. The third-order valence-electron chi connectivity index (χ3n) is 4.63. The van der Waals surface area contributed by atoms with Crippen molar-refractivity contribution in [2.75, 3.05) is 0 Å². The molecule has 0 amide bonds. The van der Waals surface area contributed by atoms with Crippen molar-refractivity contribution in [3.05, 3.63) is 65.5 Å². The predicted octanol–water partition coefficient (Wildman–Crippen LogP) is 3.88. The van der Waals surface area contributed by atoms with Gasteiger partial charge in [0, 0.05) is 11.4 Å². The number of aliphatic hydroxyl groups excluding tert-OH is 1. The zero-order valence-corrected chi connectivity index (χ0v) is 12.6. The van der Waals surface area contributed by atoms with E-state index in [4.69, 9.17) is 0 Å². The van der Waals surface area contributed by atoms with E-state index in [9.17, 15) is 5.11 Å². The van der Waals surface area contributed by atoms with E-state index in [1.165, 1.54) is 5.56 Å². The van der Waals surface area contributed by atoms with Gasteiger partial charge in [0.2, 0.25) is 0 Å². The summed E-state index contributed by atoms with van der Waals surface area (Å²) in [6.07, 6.45) is 3.73. The molecule has 1 heterocycles. The Balaban J connectivity index is 1.72. The molecule has 1 fully saturated rings. The Morgan fingerprint density at radius 1 is 1.05 bits per heavy atom. The predicted molar refractivity (Wildman–Crippen MR) is 85.2 cm³/mol. The Kier molecular flexibility index (Phi) is 4.35. The van der Waals surface area contributed by atoms with Crippen molar-refractivity contribution >= 4 is 0 Å².